The van der Waals surface area contributed by atoms with Crippen LogP contribution < -0.4 is 14.2 Å². The summed E-state index contributed by atoms with van der Waals surface area (Å²) in [5.41, 5.74) is 4.12. The van der Waals surface area contributed by atoms with E-state index in [9.17, 15) is 0 Å². The number of aromatic nitrogens is 3. The van der Waals surface area contributed by atoms with Gasteiger partial charge in [0.05, 0.1) is 37.8 Å². The Morgan fingerprint density at radius 1 is 0.875 bits per heavy atom. The zero-order valence-corrected chi connectivity index (χ0v) is 18.7. The standard InChI is InChI=1S/C24H27N3O5/c1-15-16(2)27-20-6-5-17(11-18(15)20)32-24-19-12-22(29-4)23(13-21(19)25-14-26-24)31-10-9-30-8-7-28-3/h5-6,11-14,27H,7-10H2,1-4H3. The third-order valence-corrected chi connectivity index (χ3v) is 5.30. The van der Waals surface area contributed by atoms with Crippen molar-refractivity contribution in [1.29, 1.82) is 0 Å². The van der Waals surface area contributed by atoms with Gasteiger partial charge in [0.2, 0.25) is 5.88 Å². The van der Waals surface area contributed by atoms with E-state index >= 15 is 0 Å². The van der Waals surface area contributed by atoms with Crippen LogP contribution in [-0.4, -0.2) is 55.6 Å². The molecule has 0 atom stereocenters. The van der Waals surface area contributed by atoms with Crippen molar-refractivity contribution in [2.24, 2.45) is 0 Å². The van der Waals surface area contributed by atoms with Gasteiger partial charge >= 0.3 is 0 Å². The lowest BCUT2D eigenvalue weighted by atomic mass is 10.1. The van der Waals surface area contributed by atoms with Crippen LogP contribution in [0.1, 0.15) is 11.3 Å². The van der Waals surface area contributed by atoms with Crippen LogP contribution in [0.3, 0.4) is 0 Å². The third kappa shape index (κ3) is 4.61. The lowest BCUT2D eigenvalue weighted by Gasteiger charge is -2.13. The molecule has 0 aliphatic heterocycles. The zero-order chi connectivity index (χ0) is 22.5. The summed E-state index contributed by atoms with van der Waals surface area (Å²) in [5, 5.41) is 1.86. The number of aryl methyl sites for hydroxylation is 2. The Balaban J connectivity index is 1.57. The highest BCUT2D eigenvalue weighted by Crippen LogP contribution is 2.36. The van der Waals surface area contributed by atoms with Crippen molar-refractivity contribution < 1.29 is 23.7 Å². The van der Waals surface area contributed by atoms with E-state index in [-0.39, 0.29) is 0 Å². The van der Waals surface area contributed by atoms with Crippen molar-refractivity contribution in [2.45, 2.75) is 13.8 Å². The fourth-order valence-corrected chi connectivity index (χ4v) is 3.46. The zero-order valence-electron chi connectivity index (χ0n) is 18.7. The van der Waals surface area contributed by atoms with Crippen molar-refractivity contribution >= 4 is 21.8 Å². The first-order valence-electron chi connectivity index (χ1n) is 10.4. The van der Waals surface area contributed by atoms with Crippen LogP contribution in [0.4, 0.5) is 0 Å². The minimum absolute atomic E-state index is 0.384. The molecule has 2 aromatic heterocycles. The molecule has 0 saturated heterocycles. The van der Waals surface area contributed by atoms with Crippen molar-refractivity contribution in [3.8, 4) is 23.1 Å². The van der Waals surface area contributed by atoms with E-state index in [4.69, 9.17) is 23.7 Å². The van der Waals surface area contributed by atoms with Gasteiger partial charge in [0.1, 0.15) is 18.7 Å². The lowest BCUT2D eigenvalue weighted by molar-refractivity contribution is 0.0540. The largest absolute Gasteiger partial charge is 0.493 e. The van der Waals surface area contributed by atoms with E-state index in [1.54, 1.807) is 14.2 Å². The molecule has 0 bridgehead atoms. The number of benzene rings is 2. The van der Waals surface area contributed by atoms with Crippen LogP contribution in [0, 0.1) is 13.8 Å². The number of hydrogen-bond donors (Lipinski definition) is 1. The second kappa shape index (κ2) is 9.84. The second-order valence-electron chi connectivity index (χ2n) is 7.34. The van der Waals surface area contributed by atoms with Gasteiger partial charge in [0, 0.05) is 29.8 Å². The summed E-state index contributed by atoms with van der Waals surface area (Å²) in [6, 6.07) is 9.59. The average Bonchev–Trinajstić information content (AvgIpc) is 3.09. The first kappa shape index (κ1) is 21.9. The molecular weight excluding hydrogens is 410 g/mol. The Hall–Kier alpha value is -3.36. The molecule has 0 saturated carbocycles. The Labute approximate surface area is 186 Å². The highest BCUT2D eigenvalue weighted by atomic mass is 16.5. The minimum atomic E-state index is 0.384. The number of aromatic amines is 1. The highest BCUT2D eigenvalue weighted by molar-refractivity contribution is 5.88. The topological polar surface area (TPSA) is 87.7 Å². The molecule has 2 heterocycles. The van der Waals surface area contributed by atoms with Gasteiger partial charge in [-0.1, -0.05) is 0 Å². The Morgan fingerprint density at radius 3 is 2.53 bits per heavy atom. The summed E-state index contributed by atoms with van der Waals surface area (Å²) in [6.45, 7) is 6.06. The van der Waals surface area contributed by atoms with Gasteiger partial charge in [-0.05, 0) is 43.7 Å². The van der Waals surface area contributed by atoms with Gasteiger partial charge in [0.25, 0.3) is 0 Å². The molecule has 4 aromatic rings. The fraction of sp³-hybridized carbons (Fsp3) is 0.333. The number of ether oxygens (including phenoxy) is 5. The summed E-state index contributed by atoms with van der Waals surface area (Å²) >= 11 is 0. The molecule has 4 rings (SSSR count). The van der Waals surface area contributed by atoms with Crippen molar-refractivity contribution in [1.82, 2.24) is 15.0 Å². The number of hydrogen-bond acceptors (Lipinski definition) is 7. The molecular formula is C24H27N3O5. The quantitative estimate of drug-likeness (QED) is 0.364. The highest BCUT2D eigenvalue weighted by Gasteiger charge is 2.14. The van der Waals surface area contributed by atoms with Crippen LogP contribution in [0.2, 0.25) is 0 Å². The monoisotopic (exact) mass is 437 g/mol. The fourth-order valence-electron chi connectivity index (χ4n) is 3.46. The molecule has 8 nitrogen and oxygen atoms in total. The SMILES string of the molecule is COCCOCCOc1cc2ncnc(Oc3ccc4[nH]c(C)c(C)c4c3)c2cc1OC. The Bertz CT molecular complexity index is 1220. The predicted molar refractivity (Wildman–Crippen MR) is 122 cm³/mol. The van der Waals surface area contributed by atoms with Gasteiger partial charge in [-0.3, -0.25) is 0 Å². The molecule has 0 radical (unpaired) electrons. The number of nitrogens with one attached hydrogen (secondary N) is 1. The van der Waals surface area contributed by atoms with Crippen molar-refractivity contribution in [3.05, 3.63) is 47.9 Å². The molecule has 1 N–H and O–H groups in total. The molecule has 2 aromatic carbocycles. The van der Waals surface area contributed by atoms with Gasteiger partial charge in [0.15, 0.2) is 11.5 Å². The normalized spacial score (nSPS) is 11.2. The summed E-state index contributed by atoms with van der Waals surface area (Å²) < 4.78 is 27.9. The first-order valence-corrected chi connectivity index (χ1v) is 10.4. The predicted octanol–water partition coefficient (Wildman–Crippen LogP) is 4.57. The number of nitrogens with zero attached hydrogens (tertiary/aromatic N) is 2. The third-order valence-electron chi connectivity index (χ3n) is 5.30. The summed E-state index contributed by atoms with van der Waals surface area (Å²) in [4.78, 5) is 12.1. The lowest BCUT2D eigenvalue weighted by Crippen LogP contribution is -2.10. The van der Waals surface area contributed by atoms with E-state index in [0.717, 1.165) is 22.0 Å². The molecule has 168 valence electrons. The number of rotatable bonds is 10. The van der Waals surface area contributed by atoms with Crippen LogP contribution in [-0.2, 0) is 9.47 Å². The molecule has 0 aliphatic carbocycles. The van der Waals surface area contributed by atoms with Crippen LogP contribution in [0.25, 0.3) is 21.8 Å². The second-order valence-corrected chi connectivity index (χ2v) is 7.34. The van der Waals surface area contributed by atoms with E-state index < -0.39 is 0 Å². The first-order chi connectivity index (χ1) is 15.6. The molecule has 0 spiro atoms. The van der Waals surface area contributed by atoms with Crippen LogP contribution >= 0.6 is 0 Å². The van der Waals surface area contributed by atoms with E-state index in [1.807, 2.05) is 30.3 Å². The number of methoxy groups -OCH3 is 2. The van der Waals surface area contributed by atoms with E-state index in [2.05, 4.69) is 28.8 Å². The van der Waals surface area contributed by atoms with Crippen molar-refractivity contribution in [3.63, 3.8) is 0 Å². The smallest absolute Gasteiger partial charge is 0.230 e. The molecule has 0 amide bonds. The molecule has 32 heavy (non-hydrogen) atoms. The maximum absolute atomic E-state index is 6.15. The molecule has 0 aliphatic rings. The number of H-pyrrole nitrogens is 1. The van der Waals surface area contributed by atoms with Gasteiger partial charge in [-0.25, -0.2) is 9.97 Å². The average molecular weight is 437 g/mol. The maximum Gasteiger partial charge on any atom is 0.230 e. The van der Waals surface area contributed by atoms with E-state index in [1.165, 1.54) is 11.9 Å². The minimum Gasteiger partial charge on any atom is -0.493 e. The molecule has 0 fully saturated rings. The summed E-state index contributed by atoms with van der Waals surface area (Å²) in [7, 11) is 3.23. The Kier molecular flexibility index (Phi) is 6.72. The van der Waals surface area contributed by atoms with Gasteiger partial charge in [-0.15, -0.1) is 0 Å². The van der Waals surface area contributed by atoms with Gasteiger partial charge < -0.3 is 28.7 Å². The number of fused-ring (bicyclic) bond motifs is 2. The maximum atomic E-state index is 6.15. The summed E-state index contributed by atoms with van der Waals surface area (Å²) in [5.74, 6) is 2.31. The van der Waals surface area contributed by atoms with Crippen LogP contribution in [0.5, 0.6) is 23.1 Å². The Morgan fingerprint density at radius 2 is 1.72 bits per heavy atom. The van der Waals surface area contributed by atoms with Crippen molar-refractivity contribution in [2.75, 3.05) is 40.6 Å². The summed E-state index contributed by atoms with van der Waals surface area (Å²) in [6.07, 6.45) is 1.48. The molecule has 0 unspecified atom stereocenters. The molecule has 8 heteroatoms. The van der Waals surface area contributed by atoms with Gasteiger partial charge in [-0.2, -0.15) is 0 Å². The van der Waals surface area contributed by atoms with Crippen LogP contribution in [0.15, 0.2) is 36.7 Å². The van der Waals surface area contributed by atoms with E-state index in [0.29, 0.717) is 55.1 Å².